The third-order valence-electron chi connectivity index (χ3n) is 1.36. The zero-order valence-corrected chi connectivity index (χ0v) is 10.7. The highest BCUT2D eigenvalue weighted by Gasteiger charge is 2.12. The van der Waals surface area contributed by atoms with E-state index >= 15 is 0 Å². The smallest absolute Gasteiger partial charge is 0.215 e. The molecule has 0 saturated heterocycles. The molecule has 1 atom stereocenters. The Morgan fingerprint density at radius 3 is 2.17 bits per heavy atom. The first-order valence-electron chi connectivity index (χ1n) is 3.20. The fraction of sp³-hybridized carbons (Fsp3) is 0.125. The summed E-state index contributed by atoms with van der Waals surface area (Å²) in [7, 11) is 0. The van der Waals surface area contributed by atoms with Crippen LogP contribution in [0, 0.1) is 0 Å². The number of rotatable bonds is 2. The molecule has 0 saturated carbocycles. The van der Waals surface area contributed by atoms with Crippen LogP contribution in [-0.4, -0.2) is 4.69 Å². The minimum atomic E-state index is -0.259. The predicted molar refractivity (Wildman–Crippen MR) is 59.7 cm³/mol. The van der Waals surface area contributed by atoms with Crippen molar-refractivity contribution in [1.29, 1.82) is 0 Å². The Morgan fingerprint density at radius 1 is 1.25 bits per heavy atom. The summed E-state index contributed by atoms with van der Waals surface area (Å²) in [5, 5.41) is 0. The van der Waals surface area contributed by atoms with Crippen molar-refractivity contribution in [1.82, 2.24) is 0 Å². The molecular formula is C8H5Br3O. The van der Waals surface area contributed by atoms with Gasteiger partial charge in [0.1, 0.15) is 4.83 Å². The molecular weight excluding hydrogens is 352 g/mol. The molecule has 0 amide bonds. The molecule has 1 aromatic carbocycles. The first kappa shape index (κ1) is 10.4. The number of halogens is 3. The van der Waals surface area contributed by atoms with Gasteiger partial charge in [-0.15, -0.1) is 0 Å². The first-order chi connectivity index (χ1) is 5.61. The van der Waals surface area contributed by atoms with E-state index in [9.17, 15) is 4.79 Å². The molecule has 4 heteroatoms. The molecule has 1 unspecified atom stereocenters. The quantitative estimate of drug-likeness (QED) is 0.582. The van der Waals surface area contributed by atoms with E-state index in [2.05, 4.69) is 47.8 Å². The summed E-state index contributed by atoms with van der Waals surface area (Å²) < 4.78 is 0.942. The molecule has 1 rings (SSSR count). The van der Waals surface area contributed by atoms with Crippen molar-refractivity contribution in [3.8, 4) is 0 Å². The van der Waals surface area contributed by atoms with Crippen molar-refractivity contribution >= 4 is 52.5 Å². The molecule has 1 aromatic rings. The predicted octanol–water partition coefficient (Wildman–Crippen LogP) is 3.81. The van der Waals surface area contributed by atoms with E-state index in [0.717, 1.165) is 10.0 Å². The molecule has 64 valence electrons. The summed E-state index contributed by atoms with van der Waals surface area (Å²) in [5.74, 6) is 0. The van der Waals surface area contributed by atoms with Crippen LogP contribution >= 0.6 is 47.8 Å². The van der Waals surface area contributed by atoms with Crippen LogP contribution in [0.5, 0.6) is 0 Å². The van der Waals surface area contributed by atoms with Crippen molar-refractivity contribution in [2.45, 2.75) is 4.83 Å². The molecule has 0 N–H and O–H groups in total. The number of benzene rings is 1. The topological polar surface area (TPSA) is 17.1 Å². The van der Waals surface area contributed by atoms with Gasteiger partial charge in [0.2, 0.25) is 4.69 Å². The lowest BCUT2D eigenvalue weighted by Crippen LogP contribution is -1.96. The number of hydrogen-bond donors (Lipinski definition) is 0. The highest BCUT2D eigenvalue weighted by molar-refractivity contribution is 9.19. The summed E-state index contributed by atoms with van der Waals surface area (Å²) >= 11 is 9.48. The van der Waals surface area contributed by atoms with Crippen LogP contribution in [0.4, 0.5) is 0 Å². The van der Waals surface area contributed by atoms with Gasteiger partial charge in [0.25, 0.3) is 0 Å². The largest absolute Gasteiger partial charge is 0.285 e. The van der Waals surface area contributed by atoms with Crippen LogP contribution in [0.3, 0.4) is 0 Å². The van der Waals surface area contributed by atoms with Crippen molar-refractivity contribution < 1.29 is 4.79 Å². The molecule has 0 fully saturated rings. The van der Waals surface area contributed by atoms with Crippen LogP contribution < -0.4 is 0 Å². The third-order valence-corrected chi connectivity index (χ3v) is 3.91. The summed E-state index contributed by atoms with van der Waals surface area (Å²) in [6.45, 7) is 0. The first-order valence-corrected chi connectivity index (χ1v) is 5.70. The Kier molecular flexibility index (Phi) is 3.93. The van der Waals surface area contributed by atoms with Gasteiger partial charge in [-0.25, -0.2) is 0 Å². The van der Waals surface area contributed by atoms with Gasteiger partial charge in [-0.05, 0) is 33.6 Å². The Hall–Kier alpha value is 0.330. The average Bonchev–Trinajstić information content (AvgIpc) is 2.04. The minimum absolute atomic E-state index is 0.0650. The van der Waals surface area contributed by atoms with E-state index < -0.39 is 0 Å². The van der Waals surface area contributed by atoms with Crippen LogP contribution in [0.15, 0.2) is 28.7 Å². The van der Waals surface area contributed by atoms with Gasteiger partial charge in [0.15, 0.2) is 0 Å². The normalized spacial score (nSPS) is 12.6. The molecule has 0 aromatic heterocycles. The highest BCUT2D eigenvalue weighted by atomic mass is 79.9. The summed E-state index contributed by atoms with van der Waals surface area (Å²) in [6, 6.07) is 7.59. The van der Waals surface area contributed by atoms with Gasteiger partial charge >= 0.3 is 0 Å². The second-order valence-corrected chi connectivity index (χ2v) is 4.83. The van der Waals surface area contributed by atoms with Crippen molar-refractivity contribution in [3.05, 3.63) is 34.3 Å². The van der Waals surface area contributed by atoms with Crippen LogP contribution in [0.2, 0.25) is 0 Å². The maximum absolute atomic E-state index is 10.9. The van der Waals surface area contributed by atoms with Crippen LogP contribution in [0.25, 0.3) is 0 Å². The number of carbonyl (C=O) groups excluding carboxylic acids is 1. The van der Waals surface area contributed by atoms with Gasteiger partial charge in [0, 0.05) is 4.47 Å². The molecule has 12 heavy (non-hydrogen) atoms. The zero-order valence-electron chi connectivity index (χ0n) is 5.93. The van der Waals surface area contributed by atoms with E-state index in [-0.39, 0.29) is 9.52 Å². The third kappa shape index (κ3) is 2.68. The van der Waals surface area contributed by atoms with Gasteiger partial charge < -0.3 is 0 Å². The standard InChI is InChI=1S/C8H5Br3O/c9-6-3-1-5(2-4-6)7(10)8(11)12/h1-4,7H. The Balaban J connectivity index is 2.89. The van der Waals surface area contributed by atoms with Gasteiger partial charge in [0.05, 0.1) is 0 Å². The van der Waals surface area contributed by atoms with E-state index in [1.165, 1.54) is 0 Å². The second kappa shape index (κ2) is 4.53. The van der Waals surface area contributed by atoms with Gasteiger partial charge in [-0.3, -0.25) is 4.79 Å². The lowest BCUT2D eigenvalue weighted by Gasteiger charge is -2.03. The average molecular weight is 357 g/mol. The van der Waals surface area contributed by atoms with Crippen molar-refractivity contribution in [3.63, 3.8) is 0 Å². The molecule has 0 aliphatic carbocycles. The second-order valence-electron chi connectivity index (χ2n) is 2.22. The van der Waals surface area contributed by atoms with Crippen molar-refractivity contribution in [2.75, 3.05) is 0 Å². The molecule has 0 heterocycles. The number of alkyl halides is 1. The summed E-state index contributed by atoms with van der Waals surface area (Å²) in [6.07, 6.45) is 0. The molecule has 0 spiro atoms. The molecule has 0 radical (unpaired) electrons. The Labute approximate surface area is 95.9 Å². The van der Waals surface area contributed by atoms with E-state index in [4.69, 9.17) is 0 Å². The van der Waals surface area contributed by atoms with Crippen molar-refractivity contribution in [2.24, 2.45) is 0 Å². The monoisotopic (exact) mass is 354 g/mol. The lowest BCUT2D eigenvalue weighted by atomic mass is 10.2. The molecule has 0 aliphatic rings. The Bertz CT molecular complexity index is 281. The number of carbonyl (C=O) groups is 1. The zero-order chi connectivity index (χ0) is 9.14. The number of hydrogen-bond acceptors (Lipinski definition) is 1. The minimum Gasteiger partial charge on any atom is -0.285 e. The molecule has 0 bridgehead atoms. The fourth-order valence-corrected chi connectivity index (χ4v) is 1.60. The maximum atomic E-state index is 10.9. The van der Waals surface area contributed by atoms with E-state index in [1.807, 2.05) is 24.3 Å². The van der Waals surface area contributed by atoms with Gasteiger partial charge in [-0.1, -0.05) is 44.0 Å². The highest BCUT2D eigenvalue weighted by Crippen LogP contribution is 2.26. The van der Waals surface area contributed by atoms with Gasteiger partial charge in [-0.2, -0.15) is 0 Å². The van der Waals surface area contributed by atoms with Crippen LogP contribution in [-0.2, 0) is 4.79 Å². The van der Waals surface area contributed by atoms with E-state index in [1.54, 1.807) is 0 Å². The summed E-state index contributed by atoms with van der Waals surface area (Å²) in [4.78, 5) is 10.6. The lowest BCUT2D eigenvalue weighted by molar-refractivity contribution is -0.109. The van der Waals surface area contributed by atoms with E-state index in [0.29, 0.717) is 0 Å². The fourth-order valence-electron chi connectivity index (χ4n) is 0.763. The molecule has 1 nitrogen and oxygen atoms in total. The maximum Gasteiger partial charge on any atom is 0.215 e. The Morgan fingerprint density at radius 2 is 1.75 bits per heavy atom. The molecule has 0 aliphatic heterocycles. The summed E-state index contributed by atoms with van der Waals surface area (Å²) in [5.41, 5.74) is 0.945. The SMILES string of the molecule is O=C(Br)C(Br)c1ccc(Br)cc1. The van der Waals surface area contributed by atoms with Crippen LogP contribution in [0.1, 0.15) is 10.4 Å².